The van der Waals surface area contributed by atoms with Crippen LogP contribution in [-0.2, 0) is 0 Å². The van der Waals surface area contributed by atoms with E-state index in [1.165, 1.54) is 12.1 Å². The van der Waals surface area contributed by atoms with Crippen LogP contribution in [0.1, 0.15) is 15.9 Å². The third kappa shape index (κ3) is 3.66. The number of para-hydroxylation sites is 2. The molecule has 4 aromatic rings. The Balaban J connectivity index is 1.84. The second kappa shape index (κ2) is 7.44. The lowest BCUT2D eigenvalue weighted by Crippen LogP contribution is -2.22. The number of aryl methyl sites for hydroxylation is 1. The summed E-state index contributed by atoms with van der Waals surface area (Å²) in [6, 6.07) is 18.5. The molecule has 0 aliphatic rings. The molecule has 0 radical (unpaired) electrons. The zero-order chi connectivity index (χ0) is 19.5. The molecule has 0 spiro atoms. The van der Waals surface area contributed by atoms with E-state index in [-0.39, 0.29) is 16.8 Å². The van der Waals surface area contributed by atoms with Gasteiger partial charge in [-0.1, -0.05) is 36.4 Å². The summed E-state index contributed by atoms with van der Waals surface area (Å²) < 4.78 is 19.9. The van der Waals surface area contributed by atoms with Gasteiger partial charge >= 0.3 is 0 Å². The van der Waals surface area contributed by atoms with Gasteiger partial charge in [-0.05, 0) is 42.8 Å². The van der Waals surface area contributed by atoms with Gasteiger partial charge in [0.1, 0.15) is 28.5 Å². The molecule has 2 heterocycles. The highest BCUT2D eigenvalue weighted by Gasteiger charge is 2.14. The van der Waals surface area contributed by atoms with E-state index in [0.29, 0.717) is 11.4 Å². The van der Waals surface area contributed by atoms with Crippen LogP contribution >= 0.6 is 0 Å². The van der Waals surface area contributed by atoms with Gasteiger partial charge in [-0.3, -0.25) is 4.79 Å². The van der Waals surface area contributed by atoms with Crippen molar-refractivity contribution >= 4 is 28.4 Å². The van der Waals surface area contributed by atoms with Crippen LogP contribution in [0, 0.1) is 12.7 Å². The SMILES string of the molecule is Cc1ccc(NC(=O)c2cc3ccccc3oc2=Nc2ccccc2F)nc1. The van der Waals surface area contributed by atoms with Crippen molar-refractivity contribution in [3.8, 4) is 0 Å². The van der Waals surface area contributed by atoms with E-state index in [9.17, 15) is 9.18 Å². The molecule has 2 aromatic carbocycles. The van der Waals surface area contributed by atoms with Gasteiger partial charge in [0.15, 0.2) is 0 Å². The summed E-state index contributed by atoms with van der Waals surface area (Å²) in [6.07, 6.45) is 1.66. The Labute approximate surface area is 160 Å². The molecular formula is C22H16FN3O2. The fraction of sp³-hybridized carbons (Fsp3) is 0.0455. The van der Waals surface area contributed by atoms with Gasteiger partial charge in [0.2, 0.25) is 5.55 Å². The number of anilines is 1. The number of hydrogen-bond acceptors (Lipinski definition) is 4. The van der Waals surface area contributed by atoms with E-state index in [4.69, 9.17) is 4.42 Å². The molecular weight excluding hydrogens is 357 g/mol. The van der Waals surface area contributed by atoms with Crippen molar-refractivity contribution in [2.24, 2.45) is 4.99 Å². The highest BCUT2D eigenvalue weighted by atomic mass is 19.1. The Morgan fingerprint density at radius 1 is 1.07 bits per heavy atom. The van der Waals surface area contributed by atoms with E-state index in [1.54, 1.807) is 36.5 Å². The van der Waals surface area contributed by atoms with Crippen molar-refractivity contribution in [3.05, 3.63) is 95.4 Å². The summed E-state index contributed by atoms with van der Waals surface area (Å²) in [5.74, 6) is -0.543. The molecule has 0 bridgehead atoms. The Hall–Kier alpha value is -3.80. The quantitative estimate of drug-likeness (QED) is 0.563. The third-order valence-electron chi connectivity index (χ3n) is 4.13. The molecule has 6 heteroatoms. The number of halogens is 1. The summed E-state index contributed by atoms with van der Waals surface area (Å²) in [4.78, 5) is 21.3. The minimum Gasteiger partial charge on any atom is -0.438 e. The summed E-state index contributed by atoms with van der Waals surface area (Å²) in [5.41, 5.74) is 1.82. The summed E-state index contributed by atoms with van der Waals surface area (Å²) >= 11 is 0. The number of benzene rings is 2. The first-order valence-corrected chi connectivity index (χ1v) is 8.66. The highest BCUT2D eigenvalue weighted by molar-refractivity contribution is 6.04. The molecule has 4 rings (SSSR count). The molecule has 138 valence electrons. The van der Waals surface area contributed by atoms with Crippen molar-refractivity contribution in [2.75, 3.05) is 5.32 Å². The van der Waals surface area contributed by atoms with Gasteiger partial charge in [-0.15, -0.1) is 0 Å². The van der Waals surface area contributed by atoms with Crippen LogP contribution in [0.5, 0.6) is 0 Å². The smallest absolute Gasteiger partial charge is 0.262 e. The van der Waals surface area contributed by atoms with Gasteiger partial charge < -0.3 is 9.73 Å². The molecule has 0 saturated heterocycles. The molecule has 0 aliphatic heterocycles. The Bertz CT molecular complexity index is 1230. The van der Waals surface area contributed by atoms with Crippen molar-refractivity contribution < 1.29 is 13.6 Å². The Morgan fingerprint density at radius 2 is 1.86 bits per heavy atom. The molecule has 2 aromatic heterocycles. The standard InChI is InChI=1S/C22H16FN3O2/c1-14-10-11-20(24-13-14)26-21(27)16-12-15-6-2-5-9-19(15)28-22(16)25-18-8-4-3-7-17(18)23/h2-13H,1H3,(H,24,26,27). The zero-order valence-electron chi connectivity index (χ0n) is 15.0. The molecule has 0 atom stereocenters. The average molecular weight is 373 g/mol. The number of nitrogens with zero attached hydrogens (tertiary/aromatic N) is 2. The normalized spacial score (nSPS) is 11.6. The maximum atomic E-state index is 14.1. The lowest BCUT2D eigenvalue weighted by molar-refractivity contribution is 0.102. The van der Waals surface area contributed by atoms with Crippen molar-refractivity contribution in [3.63, 3.8) is 0 Å². The number of amides is 1. The third-order valence-corrected chi connectivity index (χ3v) is 4.13. The second-order valence-corrected chi connectivity index (χ2v) is 6.24. The molecule has 5 nitrogen and oxygen atoms in total. The van der Waals surface area contributed by atoms with Crippen molar-refractivity contribution in [1.29, 1.82) is 0 Å². The van der Waals surface area contributed by atoms with Crippen LogP contribution in [0.15, 0.2) is 82.3 Å². The molecule has 1 N–H and O–H groups in total. The monoisotopic (exact) mass is 373 g/mol. The van der Waals surface area contributed by atoms with E-state index in [2.05, 4.69) is 15.3 Å². The fourth-order valence-corrected chi connectivity index (χ4v) is 2.69. The summed E-state index contributed by atoms with van der Waals surface area (Å²) in [7, 11) is 0. The van der Waals surface area contributed by atoms with Gasteiger partial charge in [0.25, 0.3) is 5.91 Å². The van der Waals surface area contributed by atoms with Crippen LogP contribution in [-0.4, -0.2) is 10.9 Å². The molecule has 0 saturated carbocycles. The van der Waals surface area contributed by atoms with Gasteiger partial charge in [0.05, 0.1) is 0 Å². The van der Waals surface area contributed by atoms with Gasteiger partial charge in [0, 0.05) is 11.6 Å². The first-order chi connectivity index (χ1) is 13.6. The number of nitrogens with one attached hydrogen (secondary N) is 1. The maximum absolute atomic E-state index is 14.1. The number of rotatable bonds is 3. The zero-order valence-corrected chi connectivity index (χ0v) is 15.0. The first kappa shape index (κ1) is 17.6. The number of carbonyl (C=O) groups is 1. The fourth-order valence-electron chi connectivity index (χ4n) is 2.69. The van der Waals surface area contributed by atoms with E-state index in [1.807, 2.05) is 31.2 Å². The number of carbonyl (C=O) groups excluding carboxylic acids is 1. The maximum Gasteiger partial charge on any atom is 0.262 e. The predicted octanol–water partition coefficient (Wildman–Crippen LogP) is 4.76. The van der Waals surface area contributed by atoms with Crippen LogP contribution in [0.4, 0.5) is 15.9 Å². The van der Waals surface area contributed by atoms with Crippen LogP contribution < -0.4 is 10.9 Å². The first-order valence-electron chi connectivity index (χ1n) is 8.66. The number of aromatic nitrogens is 1. The largest absolute Gasteiger partial charge is 0.438 e. The average Bonchev–Trinajstić information content (AvgIpc) is 2.71. The summed E-state index contributed by atoms with van der Waals surface area (Å²) in [6.45, 7) is 1.91. The highest BCUT2D eigenvalue weighted by Crippen LogP contribution is 2.18. The topological polar surface area (TPSA) is 67.5 Å². The predicted molar refractivity (Wildman–Crippen MR) is 105 cm³/mol. The van der Waals surface area contributed by atoms with E-state index in [0.717, 1.165) is 10.9 Å². The van der Waals surface area contributed by atoms with Crippen LogP contribution in [0.3, 0.4) is 0 Å². The second-order valence-electron chi connectivity index (χ2n) is 6.24. The molecule has 0 aliphatic carbocycles. The van der Waals surface area contributed by atoms with Gasteiger partial charge in [-0.25, -0.2) is 14.4 Å². The Kier molecular flexibility index (Phi) is 4.68. The summed E-state index contributed by atoms with van der Waals surface area (Å²) in [5, 5.41) is 3.46. The molecule has 1 amide bonds. The van der Waals surface area contributed by atoms with Gasteiger partial charge in [-0.2, -0.15) is 0 Å². The van der Waals surface area contributed by atoms with E-state index >= 15 is 0 Å². The number of fused-ring (bicyclic) bond motifs is 1. The lowest BCUT2D eigenvalue weighted by atomic mass is 10.1. The molecule has 28 heavy (non-hydrogen) atoms. The Morgan fingerprint density at radius 3 is 2.64 bits per heavy atom. The molecule has 0 fully saturated rings. The lowest BCUT2D eigenvalue weighted by Gasteiger charge is -2.07. The van der Waals surface area contributed by atoms with Crippen LogP contribution in [0.25, 0.3) is 11.0 Å². The van der Waals surface area contributed by atoms with E-state index < -0.39 is 11.7 Å². The molecule has 0 unspecified atom stereocenters. The number of hydrogen-bond donors (Lipinski definition) is 1. The minimum absolute atomic E-state index is 0.0217. The van der Waals surface area contributed by atoms with Crippen molar-refractivity contribution in [1.82, 2.24) is 4.98 Å². The minimum atomic E-state index is -0.502. The van der Waals surface area contributed by atoms with Crippen molar-refractivity contribution in [2.45, 2.75) is 6.92 Å². The van der Waals surface area contributed by atoms with Crippen LogP contribution in [0.2, 0.25) is 0 Å². The number of pyridine rings is 1.